The molecule has 3 rings (SSSR count). The number of hydrogen-bond acceptors (Lipinski definition) is 7. The number of nitrogens with one attached hydrogen (secondary N) is 2. The van der Waals surface area contributed by atoms with Crippen LogP contribution in [-0.2, 0) is 22.6 Å². The lowest BCUT2D eigenvalue weighted by molar-refractivity contribution is -0.150. The van der Waals surface area contributed by atoms with E-state index in [1.165, 1.54) is 11.6 Å². The summed E-state index contributed by atoms with van der Waals surface area (Å²) in [5, 5.41) is 13.0. The van der Waals surface area contributed by atoms with Gasteiger partial charge < -0.3 is 15.3 Å². The number of aliphatic hydroxyl groups is 1. The molecule has 0 radical (unpaired) electrons. The van der Waals surface area contributed by atoms with E-state index in [0.29, 0.717) is 23.4 Å². The Morgan fingerprint density at radius 1 is 1.19 bits per heavy atom. The zero-order chi connectivity index (χ0) is 22.2. The molecule has 8 heteroatoms. The fourth-order valence-electron chi connectivity index (χ4n) is 3.20. The highest BCUT2D eigenvalue weighted by Gasteiger charge is 2.16. The summed E-state index contributed by atoms with van der Waals surface area (Å²) in [7, 11) is 1.47. The molecule has 0 bridgehead atoms. The van der Waals surface area contributed by atoms with Gasteiger partial charge in [0.25, 0.3) is 5.56 Å². The van der Waals surface area contributed by atoms with E-state index in [0.717, 1.165) is 12.0 Å². The van der Waals surface area contributed by atoms with Crippen molar-refractivity contribution in [1.82, 2.24) is 15.0 Å². The predicted octanol–water partition coefficient (Wildman–Crippen LogP) is 2.30. The molecule has 1 heterocycles. The zero-order valence-corrected chi connectivity index (χ0v) is 17.5. The van der Waals surface area contributed by atoms with Gasteiger partial charge in [0.05, 0.1) is 18.0 Å². The highest BCUT2D eigenvalue weighted by molar-refractivity contribution is 5.71. The molecule has 1 aromatic heterocycles. The van der Waals surface area contributed by atoms with E-state index < -0.39 is 17.6 Å². The summed E-state index contributed by atoms with van der Waals surface area (Å²) in [5.41, 5.74) is 4.85. The first-order chi connectivity index (χ1) is 15.0. The van der Waals surface area contributed by atoms with Crippen LogP contribution in [0.4, 0.5) is 5.82 Å². The van der Waals surface area contributed by atoms with Crippen molar-refractivity contribution in [3.05, 3.63) is 82.3 Å². The highest BCUT2D eigenvalue weighted by atomic mass is 16.7. The van der Waals surface area contributed by atoms with Crippen LogP contribution in [-0.4, -0.2) is 34.2 Å². The van der Waals surface area contributed by atoms with Gasteiger partial charge in [0.1, 0.15) is 6.54 Å². The Balaban J connectivity index is 1.91. The van der Waals surface area contributed by atoms with Crippen LogP contribution in [0, 0.1) is 0 Å². The summed E-state index contributed by atoms with van der Waals surface area (Å²) in [6.07, 6.45) is 1.60. The van der Waals surface area contributed by atoms with Gasteiger partial charge in [-0.05, 0) is 30.5 Å². The molecule has 1 unspecified atom stereocenters. The van der Waals surface area contributed by atoms with Crippen LogP contribution < -0.4 is 16.4 Å². The molecule has 2 aromatic carbocycles. The maximum Gasteiger partial charge on any atom is 0.344 e. The molecule has 8 nitrogen and oxygen atoms in total. The van der Waals surface area contributed by atoms with E-state index in [1.807, 2.05) is 30.3 Å². The number of rotatable bonds is 9. The first-order valence-electron chi connectivity index (χ1n) is 10.0. The number of aromatic nitrogens is 2. The Kier molecular flexibility index (Phi) is 7.53. The minimum atomic E-state index is -0.665. The quantitative estimate of drug-likeness (QED) is 0.455. The van der Waals surface area contributed by atoms with E-state index in [4.69, 9.17) is 4.84 Å². The summed E-state index contributed by atoms with van der Waals surface area (Å²) < 4.78 is 1.32. The van der Waals surface area contributed by atoms with E-state index >= 15 is 0 Å². The molecule has 0 saturated carbocycles. The van der Waals surface area contributed by atoms with Gasteiger partial charge >= 0.3 is 5.97 Å². The van der Waals surface area contributed by atoms with Crippen molar-refractivity contribution in [2.75, 3.05) is 18.9 Å². The second-order valence-electron chi connectivity index (χ2n) is 7.03. The minimum Gasteiger partial charge on any atom is -0.389 e. The van der Waals surface area contributed by atoms with E-state index in [9.17, 15) is 14.7 Å². The minimum absolute atomic E-state index is 0.156. The Bertz CT molecular complexity index is 1080. The van der Waals surface area contributed by atoms with Gasteiger partial charge in [-0.1, -0.05) is 48.5 Å². The Hall–Kier alpha value is -3.49. The standard InChI is InChI=1S/C23H26N4O4/c1-16(28)18-9-6-10-19(13-18)20-14-26-22(23(30)27(20)15-21(29)31-24-2)25-12-11-17-7-4-3-5-8-17/h3-10,13-14,16,24,28H,11-12,15H2,1-2H3,(H,25,26). The van der Waals surface area contributed by atoms with Crippen molar-refractivity contribution < 1.29 is 14.7 Å². The maximum atomic E-state index is 13.1. The van der Waals surface area contributed by atoms with Crippen LogP contribution in [0.1, 0.15) is 24.2 Å². The van der Waals surface area contributed by atoms with Crippen LogP contribution in [0.3, 0.4) is 0 Å². The van der Waals surface area contributed by atoms with E-state index in [1.54, 1.807) is 37.4 Å². The van der Waals surface area contributed by atoms with Crippen molar-refractivity contribution in [2.45, 2.75) is 26.0 Å². The summed E-state index contributed by atoms with van der Waals surface area (Å²) in [4.78, 5) is 34.3. The van der Waals surface area contributed by atoms with Crippen LogP contribution in [0.5, 0.6) is 0 Å². The monoisotopic (exact) mass is 422 g/mol. The molecular weight excluding hydrogens is 396 g/mol. The van der Waals surface area contributed by atoms with Gasteiger partial charge in [-0.3, -0.25) is 9.36 Å². The summed E-state index contributed by atoms with van der Waals surface area (Å²) >= 11 is 0. The number of carbonyl (C=O) groups excluding carboxylic acids is 1. The average Bonchev–Trinajstić information content (AvgIpc) is 2.77. The molecule has 0 aliphatic carbocycles. The fourth-order valence-corrected chi connectivity index (χ4v) is 3.20. The van der Waals surface area contributed by atoms with Gasteiger partial charge in [0, 0.05) is 19.2 Å². The molecule has 162 valence electrons. The molecule has 0 spiro atoms. The van der Waals surface area contributed by atoms with Crippen molar-refractivity contribution in [2.24, 2.45) is 0 Å². The number of hydrogen-bond donors (Lipinski definition) is 3. The van der Waals surface area contributed by atoms with Crippen LogP contribution in [0.15, 0.2) is 65.6 Å². The fraction of sp³-hybridized carbons (Fsp3) is 0.261. The average molecular weight is 422 g/mol. The second-order valence-corrected chi connectivity index (χ2v) is 7.03. The Morgan fingerprint density at radius 2 is 1.97 bits per heavy atom. The molecule has 0 fully saturated rings. The number of hydroxylamine groups is 1. The maximum absolute atomic E-state index is 13.1. The van der Waals surface area contributed by atoms with E-state index in [2.05, 4.69) is 15.8 Å². The normalized spacial score (nSPS) is 11.7. The lowest BCUT2D eigenvalue weighted by Crippen LogP contribution is -2.31. The molecule has 3 aromatic rings. The lowest BCUT2D eigenvalue weighted by atomic mass is 10.0. The number of benzene rings is 2. The van der Waals surface area contributed by atoms with Gasteiger partial charge in [0.15, 0.2) is 5.82 Å². The second kappa shape index (κ2) is 10.5. The third-order valence-corrected chi connectivity index (χ3v) is 4.77. The third kappa shape index (κ3) is 5.78. The van der Waals surface area contributed by atoms with Crippen LogP contribution >= 0.6 is 0 Å². The number of carbonyl (C=O) groups is 1. The topological polar surface area (TPSA) is 105 Å². The van der Waals surface area contributed by atoms with Gasteiger partial charge in [-0.2, -0.15) is 5.48 Å². The number of nitrogens with zero attached hydrogens (tertiary/aromatic N) is 2. The third-order valence-electron chi connectivity index (χ3n) is 4.77. The van der Waals surface area contributed by atoms with Crippen LogP contribution in [0.25, 0.3) is 11.3 Å². The van der Waals surface area contributed by atoms with Crippen molar-refractivity contribution in [1.29, 1.82) is 0 Å². The van der Waals surface area contributed by atoms with Gasteiger partial charge in [-0.15, -0.1) is 0 Å². The molecule has 0 saturated heterocycles. The predicted molar refractivity (Wildman–Crippen MR) is 118 cm³/mol. The first kappa shape index (κ1) is 22.2. The molecule has 1 atom stereocenters. The molecule has 0 aliphatic rings. The van der Waals surface area contributed by atoms with E-state index in [-0.39, 0.29) is 12.4 Å². The molecule has 3 N–H and O–H groups in total. The molecular formula is C23H26N4O4. The lowest BCUT2D eigenvalue weighted by Gasteiger charge is -2.15. The highest BCUT2D eigenvalue weighted by Crippen LogP contribution is 2.22. The Labute approximate surface area is 180 Å². The number of aliphatic hydroxyl groups excluding tert-OH is 1. The van der Waals surface area contributed by atoms with Gasteiger partial charge in [0.2, 0.25) is 0 Å². The SMILES string of the molecule is CNOC(=O)Cn1c(-c2cccc(C(C)O)c2)cnc(NCCc2ccccc2)c1=O. The smallest absolute Gasteiger partial charge is 0.344 e. The summed E-state index contributed by atoms with van der Waals surface area (Å²) in [6.45, 7) is 1.89. The van der Waals surface area contributed by atoms with Crippen LogP contribution in [0.2, 0.25) is 0 Å². The van der Waals surface area contributed by atoms with Crippen molar-refractivity contribution in [3.8, 4) is 11.3 Å². The van der Waals surface area contributed by atoms with Crippen molar-refractivity contribution in [3.63, 3.8) is 0 Å². The molecule has 31 heavy (non-hydrogen) atoms. The molecule has 0 amide bonds. The number of anilines is 1. The van der Waals surface area contributed by atoms with Gasteiger partial charge in [-0.25, -0.2) is 9.78 Å². The first-order valence-corrected chi connectivity index (χ1v) is 10.0. The Morgan fingerprint density at radius 3 is 2.68 bits per heavy atom. The summed E-state index contributed by atoms with van der Waals surface area (Å²) in [5.74, 6) is -0.456. The molecule has 0 aliphatic heterocycles. The zero-order valence-electron chi connectivity index (χ0n) is 17.5. The van der Waals surface area contributed by atoms with Crippen molar-refractivity contribution >= 4 is 11.8 Å². The largest absolute Gasteiger partial charge is 0.389 e. The summed E-state index contributed by atoms with van der Waals surface area (Å²) in [6, 6.07) is 17.0.